The molecule has 0 amide bonds. The fourth-order valence-electron chi connectivity index (χ4n) is 2.87. The van der Waals surface area contributed by atoms with Gasteiger partial charge in [0, 0.05) is 6.04 Å². The van der Waals surface area contributed by atoms with E-state index in [0.717, 1.165) is 0 Å². The summed E-state index contributed by atoms with van der Waals surface area (Å²) in [5.74, 6) is -0.180. The van der Waals surface area contributed by atoms with Crippen LogP contribution in [-0.4, -0.2) is 12.6 Å². The summed E-state index contributed by atoms with van der Waals surface area (Å²) in [4.78, 5) is 12.1. The van der Waals surface area contributed by atoms with Gasteiger partial charge in [-0.15, -0.1) is 0 Å². The van der Waals surface area contributed by atoms with Crippen molar-refractivity contribution in [1.82, 2.24) is 0 Å². The molecular formula is C18H29NO2. The van der Waals surface area contributed by atoms with Crippen molar-refractivity contribution in [3.8, 4) is 0 Å². The first kappa shape index (κ1) is 17.7. The maximum Gasteiger partial charge on any atom is 0.311 e. The molecule has 0 fully saturated rings. The molecule has 21 heavy (non-hydrogen) atoms. The number of esters is 1. The Morgan fingerprint density at radius 1 is 1.19 bits per heavy atom. The molecule has 0 aliphatic heterocycles. The largest absolute Gasteiger partial charge is 0.466 e. The smallest absolute Gasteiger partial charge is 0.311 e. The standard InChI is InChI=1S/C18H29NO2/c1-8-21-17(20)18(6,7)10-15(19)16-13(4)11(2)9-12(3)14(16)5/h9,15H,8,10,19H2,1-7H3. The zero-order chi connectivity index (χ0) is 16.4. The van der Waals surface area contributed by atoms with Crippen LogP contribution in [0.4, 0.5) is 0 Å². The Morgan fingerprint density at radius 2 is 1.67 bits per heavy atom. The minimum atomic E-state index is -0.577. The molecule has 1 aromatic rings. The zero-order valence-electron chi connectivity index (χ0n) is 14.5. The van der Waals surface area contributed by atoms with Gasteiger partial charge < -0.3 is 10.5 Å². The molecule has 0 aromatic heterocycles. The normalized spacial score (nSPS) is 13.1. The van der Waals surface area contributed by atoms with Gasteiger partial charge in [-0.05, 0) is 82.7 Å². The average molecular weight is 291 g/mol. The number of ether oxygens (including phenoxy) is 1. The van der Waals surface area contributed by atoms with E-state index < -0.39 is 5.41 Å². The third-order valence-corrected chi connectivity index (χ3v) is 4.35. The summed E-state index contributed by atoms with van der Waals surface area (Å²) in [6.07, 6.45) is 0.580. The Bertz CT molecular complexity index is 506. The van der Waals surface area contributed by atoms with E-state index in [4.69, 9.17) is 10.5 Å². The van der Waals surface area contributed by atoms with E-state index in [0.29, 0.717) is 13.0 Å². The molecule has 0 spiro atoms. The van der Waals surface area contributed by atoms with E-state index in [2.05, 4.69) is 33.8 Å². The summed E-state index contributed by atoms with van der Waals surface area (Å²) in [6, 6.07) is 2.03. The predicted octanol–water partition coefficient (Wildman–Crippen LogP) is 3.90. The lowest BCUT2D eigenvalue weighted by Gasteiger charge is -2.28. The van der Waals surface area contributed by atoms with Crippen LogP contribution < -0.4 is 5.73 Å². The molecule has 0 heterocycles. The second kappa shape index (κ2) is 6.61. The van der Waals surface area contributed by atoms with Crippen LogP contribution in [-0.2, 0) is 9.53 Å². The van der Waals surface area contributed by atoms with Crippen LogP contribution in [0.2, 0.25) is 0 Å². The molecule has 3 heteroatoms. The first-order valence-corrected chi connectivity index (χ1v) is 7.62. The van der Waals surface area contributed by atoms with Gasteiger partial charge in [0.05, 0.1) is 12.0 Å². The number of carbonyl (C=O) groups excluding carboxylic acids is 1. The van der Waals surface area contributed by atoms with Crippen LogP contribution in [0.25, 0.3) is 0 Å². The predicted molar refractivity (Wildman–Crippen MR) is 87.3 cm³/mol. The van der Waals surface area contributed by atoms with Gasteiger partial charge in [0.2, 0.25) is 0 Å². The third-order valence-electron chi connectivity index (χ3n) is 4.35. The van der Waals surface area contributed by atoms with Crippen molar-refractivity contribution >= 4 is 5.97 Å². The highest BCUT2D eigenvalue weighted by atomic mass is 16.5. The quantitative estimate of drug-likeness (QED) is 0.837. The van der Waals surface area contributed by atoms with Crippen molar-refractivity contribution in [3.05, 3.63) is 33.9 Å². The van der Waals surface area contributed by atoms with Crippen molar-refractivity contribution in [1.29, 1.82) is 0 Å². The zero-order valence-corrected chi connectivity index (χ0v) is 14.5. The van der Waals surface area contributed by atoms with E-state index in [1.807, 2.05) is 20.8 Å². The Balaban J connectivity index is 3.10. The maximum atomic E-state index is 12.1. The third kappa shape index (κ3) is 3.85. The van der Waals surface area contributed by atoms with Crippen LogP contribution in [0.5, 0.6) is 0 Å². The van der Waals surface area contributed by atoms with Gasteiger partial charge in [0.1, 0.15) is 0 Å². The molecule has 1 rings (SSSR count). The van der Waals surface area contributed by atoms with Crippen LogP contribution in [0.1, 0.15) is 61.1 Å². The SMILES string of the molecule is CCOC(=O)C(C)(C)CC(N)c1c(C)c(C)cc(C)c1C. The summed E-state index contributed by atoms with van der Waals surface area (Å²) in [5.41, 5.74) is 12.0. The molecule has 0 aliphatic rings. The lowest BCUT2D eigenvalue weighted by Crippen LogP contribution is -2.31. The lowest BCUT2D eigenvalue weighted by atomic mass is 9.80. The summed E-state index contributed by atoms with van der Waals surface area (Å²) in [5, 5.41) is 0. The molecule has 3 nitrogen and oxygen atoms in total. The molecule has 0 radical (unpaired) electrons. The van der Waals surface area contributed by atoms with E-state index in [-0.39, 0.29) is 12.0 Å². The van der Waals surface area contributed by atoms with E-state index in [9.17, 15) is 4.79 Å². The Hall–Kier alpha value is -1.35. The highest BCUT2D eigenvalue weighted by Crippen LogP contribution is 2.34. The van der Waals surface area contributed by atoms with Crippen LogP contribution in [0.15, 0.2) is 6.07 Å². The number of aryl methyl sites for hydroxylation is 2. The molecular weight excluding hydrogens is 262 g/mol. The Morgan fingerprint density at radius 3 is 2.10 bits per heavy atom. The van der Waals surface area contributed by atoms with Crippen LogP contribution in [0.3, 0.4) is 0 Å². The van der Waals surface area contributed by atoms with Crippen LogP contribution >= 0.6 is 0 Å². The minimum Gasteiger partial charge on any atom is -0.466 e. The summed E-state index contributed by atoms with van der Waals surface area (Å²) in [7, 11) is 0. The molecule has 1 unspecified atom stereocenters. The molecule has 2 N–H and O–H groups in total. The fourth-order valence-corrected chi connectivity index (χ4v) is 2.87. The molecule has 0 aliphatic carbocycles. The number of benzene rings is 1. The molecule has 0 saturated heterocycles. The number of nitrogens with two attached hydrogens (primary N) is 1. The van der Waals surface area contributed by atoms with Gasteiger partial charge in [-0.1, -0.05) is 6.07 Å². The van der Waals surface area contributed by atoms with Crippen LogP contribution in [0, 0.1) is 33.1 Å². The first-order valence-electron chi connectivity index (χ1n) is 7.62. The second-order valence-electron chi connectivity index (χ2n) is 6.59. The fraction of sp³-hybridized carbons (Fsp3) is 0.611. The van der Waals surface area contributed by atoms with Crippen molar-refractivity contribution in [2.75, 3.05) is 6.61 Å². The van der Waals surface area contributed by atoms with Gasteiger partial charge in [0.15, 0.2) is 0 Å². The van der Waals surface area contributed by atoms with Gasteiger partial charge in [-0.2, -0.15) is 0 Å². The second-order valence-corrected chi connectivity index (χ2v) is 6.59. The summed E-state index contributed by atoms with van der Waals surface area (Å²) in [6.45, 7) is 14.5. The summed E-state index contributed by atoms with van der Waals surface area (Å²) < 4.78 is 5.16. The lowest BCUT2D eigenvalue weighted by molar-refractivity contribution is -0.154. The topological polar surface area (TPSA) is 52.3 Å². The molecule has 118 valence electrons. The maximum absolute atomic E-state index is 12.1. The average Bonchev–Trinajstić information content (AvgIpc) is 2.36. The highest BCUT2D eigenvalue weighted by Gasteiger charge is 2.32. The monoisotopic (exact) mass is 291 g/mol. The van der Waals surface area contributed by atoms with Gasteiger partial charge >= 0.3 is 5.97 Å². The molecule has 1 atom stereocenters. The first-order chi connectivity index (χ1) is 9.61. The Labute approximate surface area is 128 Å². The van der Waals surface area contributed by atoms with E-state index in [1.165, 1.54) is 27.8 Å². The van der Waals surface area contributed by atoms with Gasteiger partial charge in [-0.3, -0.25) is 4.79 Å². The van der Waals surface area contributed by atoms with Crippen molar-refractivity contribution in [2.24, 2.45) is 11.1 Å². The molecule has 1 aromatic carbocycles. The van der Waals surface area contributed by atoms with Crippen molar-refractivity contribution in [3.63, 3.8) is 0 Å². The summed E-state index contributed by atoms with van der Waals surface area (Å²) >= 11 is 0. The molecule has 0 saturated carbocycles. The number of rotatable bonds is 5. The van der Waals surface area contributed by atoms with Gasteiger partial charge in [0.25, 0.3) is 0 Å². The number of hydrogen-bond acceptors (Lipinski definition) is 3. The van der Waals surface area contributed by atoms with E-state index in [1.54, 1.807) is 0 Å². The highest BCUT2D eigenvalue weighted by molar-refractivity contribution is 5.76. The number of carbonyl (C=O) groups is 1. The number of hydrogen-bond donors (Lipinski definition) is 1. The molecule has 0 bridgehead atoms. The Kier molecular flexibility index (Phi) is 5.57. The van der Waals surface area contributed by atoms with Crippen molar-refractivity contribution in [2.45, 2.75) is 60.9 Å². The minimum absolute atomic E-state index is 0.164. The van der Waals surface area contributed by atoms with Gasteiger partial charge in [-0.25, -0.2) is 0 Å². The van der Waals surface area contributed by atoms with Crippen molar-refractivity contribution < 1.29 is 9.53 Å². The van der Waals surface area contributed by atoms with E-state index >= 15 is 0 Å².